The number of aryl methyl sites for hydroxylation is 1. The molecule has 5 rings (SSSR count). The fourth-order valence-electron chi connectivity index (χ4n) is 4.47. The number of piperazine rings is 1. The first-order chi connectivity index (χ1) is 16.4. The fraction of sp³-hybridized carbons (Fsp3) is 0.296. The standard InChI is InChI=1S/C27H28FN5O/c1-18(2)33-26-22(17-29-33)21(16-24(30-26)20-10-8-19(3)9-11-20)27(34)32-14-12-31(13-15-32)25-7-5-4-6-23(25)28/h4-11,16-18H,12-15H2,1-3H3. The quantitative estimate of drug-likeness (QED) is 0.428. The number of benzene rings is 2. The molecule has 2 aromatic carbocycles. The van der Waals surface area contributed by atoms with E-state index in [0.717, 1.165) is 16.6 Å². The van der Waals surface area contributed by atoms with Crippen molar-refractivity contribution in [3.05, 3.63) is 77.7 Å². The molecule has 1 fully saturated rings. The number of pyridine rings is 1. The van der Waals surface area contributed by atoms with Crippen molar-refractivity contribution in [1.82, 2.24) is 19.7 Å². The van der Waals surface area contributed by atoms with Crippen LogP contribution in [-0.2, 0) is 0 Å². The summed E-state index contributed by atoms with van der Waals surface area (Å²) in [6.07, 6.45) is 1.74. The molecule has 3 heterocycles. The number of rotatable bonds is 4. The number of hydrogen-bond acceptors (Lipinski definition) is 4. The van der Waals surface area contributed by atoms with Crippen molar-refractivity contribution in [2.75, 3.05) is 31.1 Å². The predicted octanol–water partition coefficient (Wildman–Crippen LogP) is 5.09. The molecule has 7 heteroatoms. The van der Waals surface area contributed by atoms with Gasteiger partial charge in [0.2, 0.25) is 0 Å². The van der Waals surface area contributed by atoms with Gasteiger partial charge in [-0.05, 0) is 39.0 Å². The van der Waals surface area contributed by atoms with Crippen LogP contribution < -0.4 is 4.90 Å². The summed E-state index contributed by atoms with van der Waals surface area (Å²) < 4.78 is 16.1. The molecular formula is C27H28FN5O. The van der Waals surface area contributed by atoms with Gasteiger partial charge in [-0.1, -0.05) is 42.0 Å². The summed E-state index contributed by atoms with van der Waals surface area (Å²) in [4.78, 5) is 22.4. The Balaban J connectivity index is 1.48. The van der Waals surface area contributed by atoms with Gasteiger partial charge >= 0.3 is 0 Å². The Hall–Kier alpha value is -3.74. The van der Waals surface area contributed by atoms with Crippen molar-refractivity contribution in [3.63, 3.8) is 0 Å². The molecule has 0 bridgehead atoms. The number of fused-ring (bicyclic) bond motifs is 1. The summed E-state index contributed by atoms with van der Waals surface area (Å²) in [5.41, 5.74) is 4.78. The minimum atomic E-state index is -0.234. The lowest BCUT2D eigenvalue weighted by atomic mass is 10.0. The summed E-state index contributed by atoms with van der Waals surface area (Å²) in [6, 6.07) is 16.9. The molecule has 0 N–H and O–H groups in total. The molecule has 1 amide bonds. The van der Waals surface area contributed by atoms with Crippen LogP contribution in [-0.4, -0.2) is 51.8 Å². The zero-order valence-electron chi connectivity index (χ0n) is 19.7. The van der Waals surface area contributed by atoms with Gasteiger partial charge in [0, 0.05) is 37.8 Å². The SMILES string of the molecule is Cc1ccc(-c2cc(C(=O)N3CCN(c4ccccc4F)CC3)c3cnn(C(C)C)c3n2)cc1. The van der Waals surface area contributed by atoms with E-state index in [1.54, 1.807) is 18.3 Å². The van der Waals surface area contributed by atoms with E-state index >= 15 is 0 Å². The second-order valence-electron chi connectivity index (χ2n) is 9.07. The largest absolute Gasteiger partial charge is 0.366 e. The molecule has 0 atom stereocenters. The number of aromatic nitrogens is 3. The third kappa shape index (κ3) is 4.02. The lowest BCUT2D eigenvalue weighted by Crippen LogP contribution is -2.49. The number of anilines is 1. The van der Waals surface area contributed by atoms with Gasteiger partial charge in [0.1, 0.15) is 5.82 Å². The third-order valence-electron chi connectivity index (χ3n) is 6.39. The van der Waals surface area contributed by atoms with Crippen LogP contribution in [0.5, 0.6) is 0 Å². The summed E-state index contributed by atoms with van der Waals surface area (Å²) >= 11 is 0. The van der Waals surface area contributed by atoms with E-state index < -0.39 is 0 Å². The average Bonchev–Trinajstić information content (AvgIpc) is 3.28. The fourth-order valence-corrected chi connectivity index (χ4v) is 4.47. The smallest absolute Gasteiger partial charge is 0.254 e. The highest BCUT2D eigenvalue weighted by molar-refractivity contribution is 6.06. The number of carbonyl (C=O) groups is 1. The molecular weight excluding hydrogens is 429 g/mol. The Bertz CT molecular complexity index is 1340. The maximum atomic E-state index is 14.2. The zero-order valence-corrected chi connectivity index (χ0v) is 19.7. The predicted molar refractivity (Wildman–Crippen MR) is 133 cm³/mol. The van der Waals surface area contributed by atoms with Gasteiger partial charge in [0.05, 0.1) is 28.5 Å². The lowest BCUT2D eigenvalue weighted by molar-refractivity contribution is 0.0748. The molecule has 0 spiro atoms. The van der Waals surface area contributed by atoms with E-state index in [2.05, 4.69) is 18.9 Å². The van der Waals surface area contributed by atoms with Crippen LogP contribution >= 0.6 is 0 Å². The van der Waals surface area contributed by atoms with Crippen LogP contribution in [0.3, 0.4) is 0 Å². The molecule has 0 radical (unpaired) electrons. The van der Waals surface area contributed by atoms with Gasteiger partial charge in [-0.25, -0.2) is 14.1 Å². The van der Waals surface area contributed by atoms with E-state index in [4.69, 9.17) is 4.98 Å². The molecule has 174 valence electrons. The zero-order chi connectivity index (χ0) is 23.8. The summed E-state index contributed by atoms with van der Waals surface area (Å²) in [6.45, 7) is 8.36. The number of hydrogen-bond donors (Lipinski definition) is 0. The van der Waals surface area contributed by atoms with E-state index in [0.29, 0.717) is 43.1 Å². The molecule has 34 heavy (non-hydrogen) atoms. The van der Waals surface area contributed by atoms with Crippen molar-refractivity contribution in [3.8, 4) is 11.3 Å². The summed E-state index contributed by atoms with van der Waals surface area (Å²) in [7, 11) is 0. The number of amides is 1. The highest BCUT2D eigenvalue weighted by Crippen LogP contribution is 2.28. The molecule has 0 unspecified atom stereocenters. The summed E-state index contributed by atoms with van der Waals surface area (Å²) in [5, 5.41) is 5.28. The van der Waals surface area contributed by atoms with Crippen LogP contribution in [0.25, 0.3) is 22.3 Å². The van der Waals surface area contributed by atoms with Crippen LogP contribution in [0.15, 0.2) is 60.8 Å². The van der Waals surface area contributed by atoms with Crippen LogP contribution in [0.2, 0.25) is 0 Å². The first kappa shape index (κ1) is 22.1. The van der Waals surface area contributed by atoms with Gasteiger partial charge in [-0.15, -0.1) is 0 Å². The maximum absolute atomic E-state index is 14.2. The molecule has 1 aliphatic heterocycles. The molecule has 0 saturated carbocycles. The van der Waals surface area contributed by atoms with E-state index in [9.17, 15) is 9.18 Å². The Kier molecular flexibility index (Phi) is 5.77. The molecule has 1 aliphatic rings. The molecule has 6 nitrogen and oxygen atoms in total. The monoisotopic (exact) mass is 457 g/mol. The van der Waals surface area contributed by atoms with Gasteiger partial charge in [0.15, 0.2) is 5.65 Å². The van der Waals surface area contributed by atoms with Crippen LogP contribution in [0.4, 0.5) is 10.1 Å². The normalized spacial score (nSPS) is 14.3. The molecule has 2 aromatic heterocycles. The number of nitrogens with zero attached hydrogens (tertiary/aromatic N) is 5. The number of carbonyl (C=O) groups excluding carboxylic acids is 1. The van der Waals surface area contributed by atoms with Crippen molar-refractivity contribution in [2.24, 2.45) is 0 Å². The second kappa shape index (κ2) is 8.89. The Labute approximate surface area is 198 Å². The van der Waals surface area contributed by atoms with E-state index in [-0.39, 0.29) is 17.8 Å². The maximum Gasteiger partial charge on any atom is 0.254 e. The average molecular weight is 458 g/mol. The topological polar surface area (TPSA) is 54.3 Å². The molecule has 0 aliphatic carbocycles. The first-order valence-corrected chi connectivity index (χ1v) is 11.7. The van der Waals surface area contributed by atoms with Gasteiger partial charge < -0.3 is 9.80 Å². The van der Waals surface area contributed by atoms with E-state index in [1.807, 2.05) is 57.8 Å². The van der Waals surface area contributed by atoms with E-state index in [1.165, 1.54) is 11.6 Å². The molecule has 1 saturated heterocycles. The highest BCUT2D eigenvalue weighted by Gasteiger charge is 2.26. The Morgan fingerprint density at radius 1 is 1.00 bits per heavy atom. The van der Waals surface area contributed by atoms with Crippen molar-refractivity contribution >= 4 is 22.6 Å². The van der Waals surface area contributed by atoms with Gasteiger partial charge in [-0.2, -0.15) is 5.10 Å². The Morgan fingerprint density at radius 3 is 2.38 bits per heavy atom. The minimum absolute atomic E-state index is 0.0442. The Morgan fingerprint density at radius 2 is 1.71 bits per heavy atom. The van der Waals surface area contributed by atoms with Crippen molar-refractivity contribution in [2.45, 2.75) is 26.8 Å². The van der Waals surface area contributed by atoms with Crippen molar-refractivity contribution < 1.29 is 9.18 Å². The van der Waals surface area contributed by atoms with Gasteiger partial charge in [-0.3, -0.25) is 4.79 Å². The van der Waals surface area contributed by atoms with Crippen LogP contribution in [0, 0.1) is 12.7 Å². The number of para-hydroxylation sites is 1. The third-order valence-corrected chi connectivity index (χ3v) is 6.39. The second-order valence-corrected chi connectivity index (χ2v) is 9.07. The highest BCUT2D eigenvalue weighted by atomic mass is 19.1. The lowest BCUT2D eigenvalue weighted by Gasteiger charge is -2.36. The number of halogens is 1. The van der Waals surface area contributed by atoms with Gasteiger partial charge in [0.25, 0.3) is 5.91 Å². The minimum Gasteiger partial charge on any atom is -0.366 e. The first-order valence-electron chi connectivity index (χ1n) is 11.7. The summed E-state index contributed by atoms with van der Waals surface area (Å²) in [5.74, 6) is -0.279. The van der Waals surface area contributed by atoms with Crippen LogP contribution in [0.1, 0.15) is 35.8 Å². The van der Waals surface area contributed by atoms with Crippen molar-refractivity contribution in [1.29, 1.82) is 0 Å². The molecule has 4 aromatic rings.